The molecule has 0 atom stereocenters. The third-order valence-corrected chi connectivity index (χ3v) is 5.63. The van der Waals surface area contributed by atoms with Crippen molar-refractivity contribution in [3.8, 4) is 0 Å². The van der Waals surface area contributed by atoms with Gasteiger partial charge in [-0.15, -0.1) is 0 Å². The number of nitrogens with one attached hydrogen (secondary N) is 1. The van der Waals surface area contributed by atoms with E-state index in [1.165, 1.54) is 12.1 Å². The van der Waals surface area contributed by atoms with Gasteiger partial charge in [0.1, 0.15) is 5.82 Å². The maximum absolute atomic E-state index is 13.1. The molecule has 8 heteroatoms. The van der Waals surface area contributed by atoms with Crippen molar-refractivity contribution >= 4 is 33.3 Å². The summed E-state index contributed by atoms with van der Waals surface area (Å²) in [7, 11) is -4.05. The zero-order chi connectivity index (χ0) is 17.5. The number of benzene rings is 2. The third-order valence-electron chi connectivity index (χ3n) is 3.89. The molecule has 0 aliphatic heterocycles. The average Bonchev–Trinajstić information content (AvgIpc) is 2.97. The van der Waals surface area contributed by atoms with Crippen molar-refractivity contribution in [2.75, 3.05) is 4.72 Å². The van der Waals surface area contributed by atoms with Gasteiger partial charge in [0.15, 0.2) is 0 Å². The Balaban J connectivity index is 2.08. The fourth-order valence-corrected chi connectivity index (χ4v) is 4.49. The minimum Gasteiger partial charge on any atom is -0.478 e. The SMILES string of the molecule is O=C(O)c1cc2c(c(S(=O)(=O)Nc3ccc(F)cc3Cl)c1)CCC2. The summed E-state index contributed by atoms with van der Waals surface area (Å²) in [5.74, 6) is -1.78. The summed E-state index contributed by atoms with van der Waals surface area (Å²) in [6, 6.07) is 5.95. The number of sulfonamides is 1. The zero-order valence-electron chi connectivity index (χ0n) is 12.3. The summed E-state index contributed by atoms with van der Waals surface area (Å²) < 4.78 is 40.8. The highest BCUT2D eigenvalue weighted by Gasteiger charge is 2.26. The lowest BCUT2D eigenvalue weighted by molar-refractivity contribution is 0.0696. The van der Waals surface area contributed by atoms with Crippen molar-refractivity contribution in [3.63, 3.8) is 0 Å². The Morgan fingerprint density at radius 3 is 2.62 bits per heavy atom. The zero-order valence-corrected chi connectivity index (χ0v) is 13.9. The molecular weight excluding hydrogens is 357 g/mol. The summed E-state index contributed by atoms with van der Waals surface area (Å²) in [4.78, 5) is 11.2. The van der Waals surface area contributed by atoms with E-state index in [4.69, 9.17) is 11.6 Å². The predicted molar refractivity (Wildman–Crippen MR) is 87.6 cm³/mol. The normalized spacial score (nSPS) is 13.6. The van der Waals surface area contributed by atoms with E-state index in [2.05, 4.69) is 4.72 Å². The van der Waals surface area contributed by atoms with Gasteiger partial charge >= 0.3 is 5.97 Å². The van der Waals surface area contributed by atoms with Crippen LogP contribution in [0.3, 0.4) is 0 Å². The van der Waals surface area contributed by atoms with E-state index in [1.54, 1.807) is 0 Å². The molecule has 0 spiro atoms. The Labute approximate surface area is 143 Å². The second kappa shape index (κ2) is 6.07. The first-order valence-corrected chi connectivity index (χ1v) is 9.01. The van der Waals surface area contributed by atoms with Crippen LogP contribution >= 0.6 is 11.6 Å². The molecule has 0 fully saturated rings. The van der Waals surface area contributed by atoms with Gasteiger partial charge in [0.2, 0.25) is 0 Å². The van der Waals surface area contributed by atoms with Crippen LogP contribution in [0.1, 0.15) is 27.9 Å². The largest absolute Gasteiger partial charge is 0.478 e. The maximum atomic E-state index is 13.1. The molecule has 24 heavy (non-hydrogen) atoms. The fraction of sp³-hybridized carbons (Fsp3) is 0.188. The number of fused-ring (bicyclic) bond motifs is 1. The standard InChI is InChI=1S/C16H13ClFNO4S/c17-13-8-11(18)4-5-14(13)19-24(22,23)15-7-10(16(20)21)6-9-2-1-3-12(9)15/h4-8,19H,1-3H2,(H,20,21). The van der Waals surface area contributed by atoms with Crippen LogP contribution in [0.4, 0.5) is 10.1 Å². The number of aryl methyl sites for hydroxylation is 1. The first-order chi connectivity index (χ1) is 11.3. The fourth-order valence-electron chi connectivity index (χ4n) is 2.80. The molecule has 0 amide bonds. The minimum atomic E-state index is -4.05. The Morgan fingerprint density at radius 2 is 1.96 bits per heavy atom. The monoisotopic (exact) mass is 369 g/mol. The average molecular weight is 370 g/mol. The van der Waals surface area contributed by atoms with E-state index >= 15 is 0 Å². The Morgan fingerprint density at radius 1 is 1.21 bits per heavy atom. The van der Waals surface area contributed by atoms with E-state index in [1.807, 2.05) is 0 Å². The van der Waals surface area contributed by atoms with E-state index in [0.29, 0.717) is 18.4 Å². The highest BCUT2D eigenvalue weighted by Crippen LogP contribution is 2.32. The van der Waals surface area contributed by atoms with Gasteiger partial charge < -0.3 is 5.11 Å². The van der Waals surface area contributed by atoms with Crippen LogP contribution in [0.2, 0.25) is 5.02 Å². The molecule has 0 aromatic heterocycles. The molecule has 1 aliphatic rings. The summed E-state index contributed by atoms with van der Waals surface area (Å²) in [6.07, 6.45) is 1.96. The van der Waals surface area contributed by atoms with E-state index in [9.17, 15) is 22.7 Å². The molecule has 0 unspecified atom stereocenters. The number of carbonyl (C=O) groups is 1. The number of halogens is 2. The third kappa shape index (κ3) is 3.09. The summed E-state index contributed by atoms with van der Waals surface area (Å²) in [5.41, 5.74) is 1.29. The first-order valence-electron chi connectivity index (χ1n) is 7.15. The lowest BCUT2D eigenvalue weighted by atomic mass is 10.1. The molecule has 0 saturated heterocycles. The van der Waals surface area contributed by atoms with E-state index < -0.39 is 21.8 Å². The van der Waals surface area contributed by atoms with Crippen LogP contribution < -0.4 is 4.72 Å². The number of carboxylic acid groups (broad SMARTS) is 1. The number of anilines is 1. The van der Waals surface area contributed by atoms with Gasteiger partial charge in [-0.3, -0.25) is 4.72 Å². The van der Waals surface area contributed by atoms with Gasteiger partial charge in [0, 0.05) is 0 Å². The molecule has 0 radical (unpaired) electrons. The molecule has 0 heterocycles. The van der Waals surface area contributed by atoms with Crippen LogP contribution in [0.15, 0.2) is 35.2 Å². The maximum Gasteiger partial charge on any atom is 0.335 e. The van der Waals surface area contributed by atoms with Crippen molar-refractivity contribution in [2.45, 2.75) is 24.2 Å². The quantitative estimate of drug-likeness (QED) is 0.864. The first kappa shape index (κ1) is 16.7. The van der Waals surface area contributed by atoms with Crippen molar-refractivity contribution < 1.29 is 22.7 Å². The molecule has 126 valence electrons. The molecule has 0 bridgehead atoms. The van der Waals surface area contributed by atoms with Crippen molar-refractivity contribution in [2.24, 2.45) is 0 Å². The van der Waals surface area contributed by atoms with Crippen LogP contribution in [0.5, 0.6) is 0 Å². The summed E-state index contributed by atoms with van der Waals surface area (Å²) in [5, 5.41) is 9.11. The molecule has 3 rings (SSSR count). The molecular formula is C16H13ClFNO4S. The van der Waals surface area contributed by atoms with Gasteiger partial charge in [-0.25, -0.2) is 17.6 Å². The van der Waals surface area contributed by atoms with Gasteiger partial charge in [-0.05, 0) is 60.7 Å². The number of hydrogen-bond donors (Lipinski definition) is 2. The predicted octanol–water partition coefficient (Wildman–Crippen LogP) is 3.47. The summed E-state index contributed by atoms with van der Waals surface area (Å²) in [6.45, 7) is 0. The highest BCUT2D eigenvalue weighted by molar-refractivity contribution is 7.92. The lowest BCUT2D eigenvalue weighted by Crippen LogP contribution is -2.16. The topological polar surface area (TPSA) is 83.5 Å². The second-order valence-electron chi connectivity index (χ2n) is 5.50. The van der Waals surface area contributed by atoms with E-state index in [0.717, 1.165) is 30.2 Å². The van der Waals surface area contributed by atoms with Crippen molar-refractivity contribution in [1.29, 1.82) is 0 Å². The number of hydrogen-bond acceptors (Lipinski definition) is 3. The smallest absolute Gasteiger partial charge is 0.335 e. The van der Waals surface area contributed by atoms with Gasteiger partial charge in [-0.1, -0.05) is 11.6 Å². The molecule has 2 aromatic carbocycles. The highest BCUT2D eigenvalue weighted by atomic mass is 35.5. The van der Waals surface area contributed by atoms with Crippen LogP contribution in [0.25, 0.3) is 0 Å². The Hall–Kier alpha value is -2.12. The lowest BCUT2D eigenvalue weighted by Gasteiger charge is -2.14. The Bertz CT molecular complexity index is 943. The van der Waals surface area contributed by atoms with Crippen molar-refractivity contribution in [1.82, 2.24) is 0 Å². The van der Waals surface area contributed by atoms with Crippen LogP contribution in [0, 0.1) is 5.82 Å². The van der Waals surface area contributed by atoms with Crippen molar-refractivity contribution in [3.05, 3.63) is 57.9 Å². The van der Waals surface area contributed by atoms with Crippen LogP contribution in [-0.4, -0.2) is 19.5 Å². The second-order valence-corrected chi connectivity index (χ2v) is 7.56. The van der Waals surface area contributed by atoms with Crippen LogP contribution in [-0.2, 0) is 22.9 Å². The summed E-state index contributed by atoms with van der Waals surface area (Å²) >= 11 is 5.86. The number of carboxylic acids is 1. The Kier molecular flexibility index (Phi) is 4.23. The van der Waals surface area contributed by atoms with Gasteiger partial charge in [0.25, 0.3) is 10.0 Å². The van der Waals surface area contributed by atoms with Gasteiger partial charge in [-0.2, -0.15) is 0 Å². The molecule has 2 N–H and O–H groups in total. The molecule has 1 aliphatic carbocycles. The van der Waals surface area contributed by atoms with Gasteiger partial charge in [0.05, 0.1) is 21.2 Å². The van der Waals surface area contributed by atoms with E-state index in [-0.39, 0.29) is 21.2 Å². The molecule has 0 saturated carbocycles. The molecule has 5 nitrogen and oxygen atoms in total. The number of aromatic carboxylic acids is 1. The number of rotatable bonds is 4. The molecule has 2 aromatic rings. The minimum absolute atomic E-state index is 0.0329.